The van der Waals surface area contributed by atoms with Gasteiger partial charge in [0.15, 0.2) is 0 Å². The Morgan fingerprint density at radius 3 is 2.53 bits per heavy atom. The fourth-order valence-corrected chi connectivity index (χ4v) is 1.40. The zero-order valence-electron chi connectivity index (χ0n) is 11.0. The Labute approximate surface area is 103 Å². The summed E-state index contributed by atoms with van der Waals surface area (Å²) in [4.78, 5) is 10.9. The molecule has 17 heavy (non-hydrogen) atoms. The van der Waals surface area contributed by atoms with E-state index in [0.717, 1.165) is 12.8 Å². The molecule has 5 heteroatoms. The number of carboxylic acids is 1. The normalized spacial score (nSPS) is 14.9. The van der Waals surface area contributed by atoms with Crippen LogP contribution in [0.4, 0.5) is 0 Å². The van der Waals surface area contributed by atoms with E-state index in [1.807, 2.05) is 13.8 Å². The molecule has 0 rings (SSSR count). The molecule has 0 bridgehead atoms. The van der Waals surface area contributed by atoms with Gasteiger partial charge >= 0.3 is 5.97 Å². The van der Waals surface area contributed by atoms with Crippen molar-refractivity contribution in [2.75, 3.05) is 19.8 Å². The van der Waals surface area contributed by atoms with E-state index in [1.165, 1.54) is 0 Å². The van der Waals surface area contributed by atoms with Crippen LogP contribution in [0.5, 0.6) is 0 Å². The van der Waals surface area contributed by atoms with Crippen molar-refractivity contribution in [1.29, 1.82) is 0 Å². The van der Waals surface area contributed by atoms with Gasteiger partial charge in [0, 0.05) is 13.2 Å². The third kappa shape index (κ3) is 8.12. The number of nitrogens with one attached hydrogen (secondary N) is 1. The fourth-order valence-electron chi connectivity index (χ4n) is 1.40. The molecule has 102 valence electrons. The summed E-state index contributed by atoms with van der Waals surface area (Å²) < 4.78 is 5.25. The number of hydrogen-bond acceptors (Lipinski definition) is 4. The quantitative estimate of drug-likeness (QED) is 0.499. The van der Waals surface area contributed by atoms with Gasteiger partial charge in [0.1, 0.15) is 6.04 Å². The minimum absolute atomic E-state index is 0.0132. The number of aliphatic hydroxyl groups is 1. The Balaban J connectivity index is 3.73. The molecule has 0 saturated carbocycles. The van der Waals surface area contributed by atoms with Gasteiger partial charge in [0.05, 0.1) is 12.7 Å². The first-order valence-electron chi connectivity index (χ1n) is 6.21. The molecule has 0 amide bonds. The van der Waals surface area contributed by atoms with Gasteiger partial charge in [-0.2, -0.15) is 0 Å². The highest BCUT2D eigenvalue weighted by atomic mass is 16.5. The van der Waals surface area contributed by atoms with Crippen molar-refractivity contribution >= 4 is 5.97 Å². The highest BCUT2D eigenvalue weighted by Crippen LogP contribution is 2.01. The predicted octanol–water partition coefficient (Wildman–Crippen LogP) is 0.863. The van der Waals surface area contributed by atoms with Gasteiger partial charge in [0.25, 0.3) is 0 Å². The highest BCUT2D eigenvalue weighted by molar-refractivity contribution is 5.73. The number of hydrogen-bond donors (Lipinski definition) is 3. The first-order chi connectivity index (χ1) is 7.99. The van der Waals surface area contributed by atoms with Gasteiger partial charge in [-0.15, -0.1) is 0 Å². The molecule has 0 aromatic heterocycles. The number of unbranched alkanes of at least 4 members (excludes halogenated alkanes) is 1. The number of carbonyl (C=O) groups is 1. The smallest absolute Gasteiger partial charge is 0.320 e. The van der Waals surface area contributed by atoms with Crippen LogP contribution in [0.3, 0.4) is 0 Å². The molecular formula is C12H25NO4. The fraction of sp³-hybridized carbons (Fsp3) is 0.917. The van der Waals surface area contributed by atoms with E-state index in [9.17, 15) is 9.90 Å². The Morgan fingerprint density at radius 1 is 1.41 bits per heavy atom. The summed E-state index contributed by atoms with van der Waals surface area (Å²) in [7, 11) is 0. The maximum atomic E-state index is 10.9. The van der Waals surface area contributed by atoms with E-state index in [-0.39, 0.29) is 19.1 Å². The highest BCUT2D eigenvalue weighted by Gasteiger charge is 2.21. The third-order valence-electron chi connectivity index (χ3n) is 2.46. The van der Waals surface area contributed by atoms with Crippen LogP contribution in [0.1, 0.15) is 33.6 Å². The first-order valence-corrected chi connectivity index (χ1v) is 6.21. The van der Waals surface area contributed by atoms with Gasteiger partial charge in [-0.05, 0) is 12.3 Å². The molecule has 2 unspecified atom stereocenters. The SMILES string of the molecule is CCCCOCC(O)CNC(C(=O)O)C(C)C. The van der Waals surface area contributed by atoms with E-state index >= 15 is 0 Å². The van der Waals surface area contributed by atoms with E-state index in [4.69, 9.17) is 9.84 Å². The molecule has 0 spiro atoms. The minimum Gasteiger partial charge on any atom is -0.480 e. The van der Waals surface area contributed by atoms with Crippen LogP contribution >= 0.6 is 0 Å². The molecule has 3 N–H and O–H groups in total. The summed E-state index contributed by atoms with van der Waals surface area (Å²) in [6.45, 7) is 6.85. The second kappa shape index (κ2) is 9.39. The zero-order valence-corrected chi connectivity index (χ0v) is 11.0. The average molecular weight is 247 g/mol. The maximum absolute atomic E-state index is 10.9. The lowest BCUT2D eigenvalue weighted by Gasteiger charge is -2.20. The predicted molar refractivity (Wildman–Crippen MR) is 66.0 cm³/mol. The van der Waals surface area contributed by atoms with Crippen molar-refractivity contribution in [1.82, 2.24) is 5.32 Å². The Bertz CT molecular complexity index is 209. The van der Waals surface area contributed by atoms with Crippen LogP contribution < -0.4 is 5.32 Å². The molecule has 0 saturated heterocycles. The van der Waals surface area contributed by atoms with Crippen molar-refractivity contribution in [3.8, 4) is 0 Å². The van der Waals surface area contributed by atoms with Crippen LogP contribution in [0.25, 0.3) is 0 Å². The molecule has 0 heterocycles. The maximum Gasteiger partial charge on any atom is 0.320 e. The van der Waals surface area contributed by atoms with Crippen LogP contribution in [-0.4, -0.2) is 48.1 Å². The second-order valence-corrected chi connectivity index (χ2v) is 4.55. The molecule has 0 aromatic carbocycles. The van der Waals surface area contributed by atoms with Crippen LogP contribution in [0.15, 0.2) is 0 Å². The molecule has 0 fully saturated rings. The Morgan fingerprint density at radius 2 is 2.06 bits per heavy atom. The Kier molecular flexibility index (Phi) is 9.03. The lowest BCUT2D eigenvalue weighted by Crippen LogP contribution is -2.45. The van der Waals surface area contributed by atoms with E-state index < -0.39 is 18.1 Å². The number of ether oxygens (including phenoxy) is 1. The summed E-state index contributed by atoms with van der Waals surface area (Å²) in [6, 6.07) is -0.625. The lowest BCUT2D eigenvalue weighted by atomic mass is 10.0. The largest absolute Gasteiger partial charge is 0.480 e. The molecule has 0 aliphatic carbocycles. The molecule has 0 aliphatic heterocycles. The molecule has 0 aliphatic rings. The summed E-state index contributed by atoms with van der Waals surface area (Å²) in [5, 5.41) is 21.3. The second-order valence-electron chi connectivity index (χ2n) is 4.55. The van der Waals surface area contributed by atoms with E-state index in [1.54, 1.807) is 0 Å². The van der Waals surface area contributed by atoms with Crippen molar-refractivity contribution < 1.29 is 19.7 Å². The van der Waals surface area contributed by atoms with Gasteiger partial charge in [-0.3, -0.25) is 4.79 Å². The lowest BCUT2D eigenvalue weighted by molar-refractivity contribution is -0.140. The van der Waals surface area contributed by atoms with Crippen molar-refractivity contribution in [2.24, 2.45) is 5.92 Å². The van der Waals surface area contributed by atoms with E-state index in [0.29, 0.717) is 6.61 Å². The van der Waals surface area contributed by atoms with Crippen LogP contribution in [0, 0.1) is 5.92 Å². The summed E-state index contributed by atoms with van der Waals surface area (Å²) >= 11 is 0. The summed E-state index contributed by atoms with van der Waals surface area (Å²) in [6.07, 6.45) is 1.37. The first kappa shape index (κ1) is 16.4. The topological polar surface area (TPSA) is 78.8 Å². The van der Waals surface area contributed by atoms with Crippen molar-refractivity contribution in [3.05, 3.63) is 0 Å². The molecule has 5 nitrogen and oxygen atoms in total. The molecule has 0 radical (unpaired) electrons. The number of aliphatic carboxylic acids is 1. The molecular weight excluding hydrogens is 222 g/mol. The average Bonchev–Trinajstić information content (AvgIpc) is 2.23. The summed E-state index contributed by atoms with van der Waals surface area (Å²) in [5.74, 6) is -0.903. The minimum atomic E-state index is -0.890. The van der Waals surface area contributed by atoms with Gasteiger partial charge in [0.2, 0.25) is 0 Å². The number of carboxylic acid groups (broad SMARTS) is 1. The van der Waals surface area contributed by atoms with Crippen molar-refractivity contribution in [2.45, 2.75) is 45.8 Å². The molecule has 2 atom stereocenters. The molecule has 0 aromatic rings. The zero-order chi connectivity index (χ0) is 13.3. The van der Waals surface area contributed by atoms with Gasteiger partial charge in [-0.25, -0.2) is 0 Å². The van der Waals surface area contributed by atoms with E-state index in [2.05, 4.69) is 12.2 Å². The number of aliphatic hydroxyl groups excluding tert-OH is 1. The van der Waals surface area contributed by atoms with Gasteiger partial charge in [-0.1, -0.05) is 27.2 Å². The van der Waals surface area contributed by atoms with Crippen LogP contribution in [-0.2, 0) is 9.53 Å². The Hall–Kier alpha value is -0.650. The third-order valence-corrected chi connectivity index (χ3v) is 2.46. The number of rotatable bonds is 10. The monoisotopic (exact) mass is 247 g/mol. The van der Waals surface area contributed by atoms with Crippen LogP contribution in [0.2, 0.25) is 0 Å². The summed E-state index contributed by atoms with van der Waals surface area (Å²) in [5.41, 5.74) is 0. The standard InChI is InChI=1S/C12H25NO4/c1-4-5-6-17-8-10(14)7-13-11(9(2)3)12(15)16/h9-11,13-14H,4-8H2,1-3H3,(H,15,16). The van der Waals surface area contributed by atoms with Crippen molar-refractivity contribution in [3.63, 3.8) is 0 Å². The van der Waals surface area contributed by atoms with Gasteiger partial charge < -0.3 is 20.3 Å².